The Kier molecular flexibility index (Phi) is 3.74. The Bertz CT molecular complexity index is 576. The molecular formula is C13H14N2O3. The third-order valence-corrected chi connectivity index (χ3v) is 2.40. The van der Waals surface area contributed by atoms with Crippen LogP contribution in [0.4, 0.5) is 0 Å². The summed E-state index contributed by atoms with van der Waals surface area (Å²) in [5, 5.41) is 12.8. The molecule has 0 atom stereocenters. The first-order valence-corrected chi connectivity index (χ1v) is 5.62. The van der Waals surface area contributed by atoms with Gasteiger partial charge in [0.1, 0.15) is 5.75 Å². The third-order valence-electron chi connectivity index (χ3n) is 2.40. The van der Waals surface area contributed by atoms with Crippen LogP contribution < -0.4 is 10.3 Å². The molecule has 0 unspecified atom stereocenters. The van der Waals surface area contributed by atoms with Crippen LogP contribution in [0.1, 0.15) is 5.56 Å². The number of aromatic nitrogens is 2. The number of aryl methyl sites for hydroxylation is 1. The molecule has 18 heavy (non-hydrogen) atoms. The quantitative estimate of drug-likeness (QED) is 0.884. The minimum atomic E-state index is -0.264. The van der Waals surface area contributed by atoms with E-state index in [1.807, 2.05) is 31.2 Å². The molecule has 0 fully saturated rings. The largest absolute Gasteiger partial charge is 0.438 e. The molecule has 1 aromatic heterocycles. The Morgan fingerprint density at radius 2 is 1.94 bits per heavy atom. The molecule has 1 N–H and O–H groups in total. The molecule has 0 aliphatic heterocycles. The minimum Gasteiger partial charge on any atom is -0.438 e. The number of hydrogen-bond donors (Lipinski definition) is 1. The molecule has 1 heterocycles. The van der Waals surface area contributed by atoms with Gasteiger partial charge in [-0.3, -0.25) is 4.79 Å². The summed E-state index contributed by atoms with van der Waals surface area (Å²) in [4.78, 5) is 11.4. The van der Waals surface area contributed by atoms with Crippen molar-refractivity contribution in [2.45, 2.75) is 13.5 Å². The first kappa shape index (κ1) is 12.3. The van der Waals surface area contributed by atoms with Crippen molar-refractivity contribution in [1.82, 2.24) is 9.78 Å². The van der Waals surface area contributed by atoms with Crippen LogP contribution in [0, 0.1) is 6.92 Å². The first-order chi connectivity index (χ1) is 8.69. The monoisotopic (exact) mass is 246 g/mol. The van der Waals surface area contributed by atoms with E-state index in [2.05, 4.69) is 5.10 Å². The molecule has 0 aliphatic rings. The number of benzene rings is 1. The van der Waals surface area contributed by atoms with Gasteiger partial charge in [0.2, 0.25) is 5.88 Å². The Labute approximate surface area is 104 Å². The van der Waals surface area contributed by atoms with Gasteiger partial charge in [0.05, 0.1) is 13.2 Å². The maximum atomic E-state index is 11.4. The van der Waals surface area contributed by atoms with Crippen molar-refractivity contribution in [3.8, 4) is 11.6 Å². The Balaban J connectivity index is 2.21. The lowest BCUT2D eigenvalue weighted by atomic mass is 10.2. The average molecular weight is 246 g/mol. The number of rotatable bonds is 4. The fourth-order valence-corrected chi connectivity index (χ4v) is 1.47. The van der Waals surface area contributed by atoms with Gasteiger partial charge >= 0.3 is 0 Å². The van der Waals surface area contributed by atoms with Crippen LogP contribution in [0.3, 0.4) is 0 Å². The van der Waals surface area contributed by atoms with E-state index >= 15 is 0 Å². The summed E-state index contributed by atoms with van der Waals surface area (Å²) in [5.41, 5.74) is 0.876. The normalized spacial score (nSPS) is 10.3. The van der Waals surface area contributed by atoms with Crippen LogP contribution in [0.2, 0.25) is 0 Å². The summed E-state index contributed by atoms with van der Waals surface area (Å²) in [6.45, 7) is 2.01. The summed E-state index contributed by atoms with van der Waals surface area (Å²) in [6.07, 6.45) is 0. The van der Waals surface area contributed by atoms with Crippen LogP contribution in [-0.4, -0.2) is 21.5 Å². The molecule has 2 rings (SSSR count). The van der Waals surface area contributed by atoms with Crippen molar-refractivity contribution in [2.24, 2.45) is 0 Å². The predicted molar refractivity (Wildman–Crippen MR) is 66.8 cm³/mol. The Morgan fingerprint density at radius 1 is 1.22 bits per heavy atom. The van der Waals surface area contributed by atoms with Crippen molar-refractivity contribution >= 4 is 0 Å². The van der Waals surface area contributed by atoms with Crippen LogP contribution in [0.15, 0.2) is 41.2 Å². The third kappa shape index (κ3) is 2.95. The number of aliphatic hydroxyl groups excluding tert-OH is 1. The molecule has 0 spiro atoms. The number of nitrogens with zero attached hydrogens (tertiary/aromatic N) is 2. The van der Waals surface area contributed by atoms with E-state index in [4.69, 9.17) is 9.84 Å². The van der Waals surface area contributed by atoms with Crippen LogP contribution in [-0.2, 0) is 6.54 Å². The first-order valence-electron chi connectivity index (χ1n) is 5.62. The summed E-state index contributed by atoms with van der Waals surface area (Å²) in [5.74, 6) is 0.981. The summed E-state index contributed by atoms with van der Waals surface area (Å²) >= 11 is 0. The second-order valence-corrected chi connectivity index (χ2v) is 3.87. The van der Waals surface area contributed by atoms with Gasteiger partial charge in [-0.15, -0.1) is 5.10 Å². The highest BCUT2D eigenvalue weighted by atomic mass is 16.5. The van der Waals surface area contributed by atoms with Crippen molar-refractivity contribution in [3.63, 3.8) is 0 Å². The molecule has 0 saturated heterocycles. The maximum Gasteiger partial charge on any atom is 0.267 e. The van der Waals surface area contributed by atoms with Crippen LogP contribution in [0.5, 0.6) is 11.6 Å². The number of ether oxygens (including phenoxy) is 1. The van der Waals surface area contributed by atoms with Crippen LogP contribution >= 0.6 is 0 Å². The highest BCUT2D eigenvalue weighted by molar-refractivity contribution is 5.29. The van der Waals surface area contributed by atoms with Gasteiger partial charge < -0.3 is 9.84 Å². The van der Waals surface area contributed by atoms with Gasteiger partial charge in [0, 0.05) is 12.1 Å². The molecule has 1 aromatic carbocycles. The van der Waals surface area contributed by atoms with Crippen molar-refractivity contribution in [2.75, 3.05) is 6.61 Å². The van der Waals surface area contributed by atoms with Crippen molar-refractivity contribution in [1.29, 1.82) is 0 Å². The van der Waals surface area contributed by atoms with Crippen LogP contribution in [0.25, 0.3) is 0 Å². The standard InChI is InChI=1S/C13H14N2O3/c1-10-2-4-11(5-3-10)18-12-6-7-13(17)15(14-12)8-9-16/h2-7,16H,8-9H2,1H3. The average Bonchev–Trinajstić information content (AvgIpc) is 2.37. The summed E-state index contributed by atoms with van der Waals surface area (Å²) in [7, 11) is 0. The smallest absolute Gasteiger partial charge is 0.267 e. The molecule has 0 aliphatic carbocycles. The van der Waals surface area contributed by atoms with Gasteiger partial charge in [-0.2, -0.15) is 0 Å². The molecule has 0 radical (unpaired) electrons. The van der Waals surface area contributed by atoms with Gasteiger partial charge in [-0.05, 0) is 19.1 Å². The fraction of sp³-hybridized carbons (Fsp3) is 0.231. The van der Waals surface area contributed by atoms with E-state index in [0.717, 1.165) is 5.56 Å². The maximum absolute atomic E-state index is 11.4. The van der Waals surface area contributed by atoms with Gasteiger partial charge in [0.15, 0.2) is 0 Å². The van der Waals surface area contributed by atoms with E-state index in [9.17, 15) is 4.79 Å². The summed E-state index contributed by atoms with van der Waals surface area (Å²) < 4.78 is 6.69. The van der Waals surface area contributed by atoms with E-state index < -0.39 is 0 Å². The molecule has 0 amide bonds. The second kappa shape index (κ2) is 5.46. The highest BCUT2D eigenvalue weighted by Gasteiger charge is 2.02. The fourth-order valence-electron chi connectivity index (χ4n) is 1.47. The minimum absolute atomic E-state index is 0.138. The van der Waals surface area contributed by atoms with Crippen molar-refractivity contribution < 1.29 is 9.84 Å². The second-order valence-electron chi connectivity index (χ2n) is 3.87. The van der Waals surface area contributed by atoms with Gasteiger partial charge in [-0.25, -0.2) is 4.68 Å². The summed E-state index contributed by atoms with van der Waals surface area (Å²) in [6, 6.07) is 10.4. The van der Waals surface area contributed by atoms with E-state index in [1.54, 1.807) is 0 Å². The lowest BCUT2D eigenvalue weighted by Gasteiger charge is -2.07. The lowest BCUT2D eigenvalue weighted by Crippen LogP contribution is -2.23. The zero-order valence-corrected chi connectivity index (χ0v) is 10.0. The van der Waals surface area contributed by atoms with Gasteiger partial charge in [0.25, 0.3) is 5.56 Å². The van der Waals surface area contributed by atoms with E-state index in [1.165, 1.54) is 16.8 Å². The molecule has 94 valence electrons. The zero-order chi connectivity index (χ0) is 13.0. The van der Waals surface area contributed by atoms with Crippen molar-refractivity contribution in [3.05, 3.63) is 52.3 Å². The molecule has 2 aromatic rings. The molecule has 0 saturated carbocycles. The topological polar surface area (TPSA) is 64.3 Å². The number of aliphatic hydroxyl groups is 1. The molecule has 5 nitrogen and oxygen atoms in total. The molecular weight excluding hydrogens is 232 g/mol. The Hall–Kier alpha value is -2.14. The number of hydrogen-bond acceptors (Lipinski definition) is 4. The Morgan fingerprint density at radius 3 is 2.61 bits per heavy atom. The molecule has 5 heteroatoms. The van der Waals surface area contributed by atoms with E-state index in [0.29, 0.717) is 11.6 Å². The molecule has 0 bridgehead atoms. The zero-order valence-electron chi connectivity index (χ0n) is 10.0. The van der Waals surface area contributed by atoms with E-state index in [-0.39, 0.29) is 18.7 Å². The predicted octanol–water partition coefficient (Wildman–Crippen LogP) is 1.34. The highest BCUT2D eigenvalue weighted by Crippen LogP contribution is 2.18. The lowest BCUT2D eigenvalue weighted by molar-refractivity contribution is 0.263. The SMILES string of the molecule is Cc1ccc(Oc2ccc(=O)n(CCO)n2)cc1. The van der Waals surface area contributed by atoms with Gasteiger partial charge in [-0.1, -0.05) is 17.7 Å².